The molecule has 2 aliphatic heterocycles. The number of H-pyrrole nitrogens is 1. The van der Waals surface area contributed by atoms with Crippen molar-refractivity contribution in [3.63, 3.8) is 0 Å². The van der Waals surface area contributed by atoms with Crippen LogP contribution in [0.5, 0.6) is 0 Å². The number of halogens is 2. The van der Waals surface area contributed by atoms with Gasteiger partial charge in [-0.15, -0.1) is 0 Å². The molecule has 6 rings (SSSR count). The van der Waals surface area contributed by atoms with Gasteiger partial charge in [-0.2, -0.15) is 0 Å². The lowest BCUT2D eigenvalue weighted by Crippen LogP contribution is -2.40. The molecule has 4 aromatic rings. The van der Waals surface area contributed by atoms with Crippen molar-refractivity contribution in [2.24, 2.45) is 0 Å². The smallest absolute Gasteiger partial charge is 0.254 e. The first-order chi connectivity index (χ1) is 17.6. The Kier molecular flexibility index (Phi) is 6.48. The standard InChI is InChI=1S/C29H27Cl2N3O2/c30-22-6-4-20(5-7-22)28-27-24(25-17-23(31)8-9-26(25)32-27)10-11-34(28)29(35)21-3-1-2-19(16-21)18-33-12-14-36-15-13-33/h1-9,16-17,28,32H,10-15,18H2. The normalized spacial score (nSPS) is 18.4. The lowest BCUT2D eigenvalue weighted by molar-refractivity contribution is 0.0341. The number of nitrogens with zero attached hydrogens (tertiary/aromatic N) is 2. The van der Waals surface area contributed by atoms with Gasteiger partial charge in [-0.25, -0.2) is 0 Å². The third-order valence-electron chi connectivity index (χ3n) is 7.22. The number of carbonyl (C=O) groups excluding carboxylic acids is 1. The Morgan fingerprint density at radius 3 is 2.53 bits per heavy atom. The van der Waals surface area contributed by atoms with E-state index in [1.54, 1.807) is 0 Å². The van der Waals surface area contributed by atoms with Crippen molar-refractivity contribution in [2.75, 3.05) is 32.8 Å². The molecule has 184 valence electrons. The molecule has 1 amide bonds. The minimum absolute atomic E-state index is 0.0288. The molecule has 1 saturated heterocycles. The average molecular weight is 520 g/mol. The molecule has 5 nitrogen and oxygen atoms in total. The molecular weight excluding hydrogens is 493 g/mol. The van der Waals surface area contributed by atoms with Gasteiger partial charge in [-0.05, 0) is 65.6 Å². The van der Waals surface area contributed by atoms with E-state index >= 15 is 0 Å². The highest BCUT2D eigenvalue weighted by atomic mass is 35.5. The molecule has 36 heavy (non-hydrogen) atoms. The van der Waals surface area contributed by atoms with Gasteiger partial charge in [0.1, 0.15) is 0 Å². The van der Waals surface area contributed by atoms with Gasteiger partial charge in [0.2, 0.25) is 0 Å². The summed E-state index contributed by atoms with van der Waals surface area (Å²) in [6, 6.07) is 21.5. The molecule has 7 heteroatoms. The summed E-state index contributed by atoms with van der Waals surface area (Å²) in [4.78, 5) is 22.0. The summed E-state index contributed by atoms with van der Waals surface area (Å²) >= 11 is 12.5. The molecule has 2 aliphatic rings. The number of nitrogens with one attached hydrogen (secondary N) is 1. The minimum atomic E-state index is -0.243. The minimum Gasteiger partial charge on any atom is -0.379 e. The van der Waals surface area contributed by atoms with Crippen molar-refractivity contribution in [1.82, 2.24) is 14.8 Å². The Morgan fingerprint density at radius 1 is 0.944 bits per heavy atom. The van der Waals surface area contributed by atoms with Gasteiger partial charge >= 0.3 is 0 Å². The molecule has 1 fully saturated rings. The van der Waals surface area contributed by atoms with Crippen LogP contribution in [0.4, 0.5) is 0 Å². The molecule has 1 unspecified atom stereocenters. The van der Waals surface area contributed by atoms with Crippen molar-refractivity contribution in [2.45, 2.75) is 19.0 Å². The number of amides is 1. The van der Waals surface area contributed by atoms with Gasteiger partial charge in [-0.3, -0.25) is 9.69 Å². The summed E-state index contributed by atoms with van der Waals surface area (Å²) < 4.78 is 5.48. The number of carbonyl (C=O) groups is 1. The zero-order valence-electron chi connectivity index (χ0n) is 19.8. The fourth-order valence-electron chi connectivity index (χ4n) is 5.46. The van der Waals surface area contributed by atoms with Crippen molar-refractivity contribution < 1.29 is 9.53 Å². The number of hydrogen-bond donors (Lipinski definition) is 1. The van der Waals surface area contributed by atoms with Gasteiger partial charge in [0.25, 0.3) is 5.91 Å². The SMILES string of the molecule is O=C(c1cccc(CN2CCOCC2)c1)N1CCc2c([nH]c3ccc(Cl)cc23)C1c1ccc(Cl)cc1. The maximum Gasteiger partial charge on any atom is 0.254 e. The number of benzene rings is 3. The lowest BCUT2D eigenvalue weighted by atomic mass is 9.91. The molecule has 0 saturated carbocycles. The van der Waals surface area contributed by atoms with E-state index in [0.717, 1.165) is 67.0 Å². The largest absolute Gasteiger partial charge is 0.379 e. The highest BCUT2D eigenvalue weighted by Crippen LogP contribution is 2.40. The van der Waals surface area contributed by atoms with E-state index < -0.39 is 0 Å². The van der Waals surface area contributed by atoms with E-state index in [1.165, 1.54) is 5.56 Å². The van der Waals surface area contributed by atoms with Crippen LogP contribution in [0.15, 0.2) is 66.7 Å². The van der Waals surface area contributed by atoms with E-state index in [0.29, 0.717) is 22.2 Å². The van der Waals surface area contributed by atoms with Crippen molar-refractivity contribution >= 4 is 40.0 Å². The molecule has 0 radical (unpaired) electrons. The first-order valence-electron chi connectivity index (χ1n) is 12.3. The number of aromatic amines is 1. The van der Waals surface area contributed by atoms with E-state index in [9.17, 15) is 4.79 Å². The molecule has 1 N–H and O–H groups in total. The number of ether oxygens (including phenoxy) is 1. The summed E-state index contributed by atoms with van der Waals surface area (Å²) in [7, 11) is 0. The van der Waals surface area contributed by atoms with Gasteiger partial charge in [0, 0.05) is 58.4 Å². The molecule has 0 bridgehead atoms. The molecule has 1 atom stereocenters. The van der Waals surface area contributed by atoms with Gasteiger partial charge in [-0.1, -0.05) is 47.5 Å². The third-order valence-corrected chi connectivity index (χ3v) is 7.71. The quantitative estimate of drug-likeness (QED) is 0.354. The summed E-state index contributed by atoms with van der Waals surface area (Å²) in [6.07, 6.45) is 0.763. The van der Waals surface area contributed by atoms with E-state index in [2.05, 4.69) is 16.0 Å². The van der Waals surface area contributed by atoms with E-state index in [1.807, 2.05) is 65.6 Å². The topological polar surface area (TPSA) is 48.6 Å². The summed E-state index contributed by atoms with van der Waals surface area (Å²) in [6.45, 7) is 4.77. The van der Waals surface area contributed by atoms with E-state index in [-0.39, 0.29) is 11.9 Å². The van der Waals surface area contributed by atoms with Gasteiger partial charge < -0.3 is 14.6 Å². The van der Waals surface area contributed by atoms with Crippen LogP contribution in [0.25, 0.3) is 10.9 Å². The molecule has 0 aliphatic carbocycles. The summed E-state index contributed by atoms with van der Waals surface area (Å²) in [5.74, 6) is 0.0288. The van der Waals surface area contributed by atoms with Crippen molar-refractivity contribution in [3.8, 4) is 0 Å². The molecular formula is C29H27Cl2N3O2. The van der Waals surface area contributed by atoms with Crippen LogP contribution in [-0.2, 0) is 17.7 Å². The monoisotopic (exact) mass is 519 g/mol. The van der Waals surface area contributed by atoms with Gasteiger partial charge in [0.15, 0.2) is 0 Å². The Hall–Kier alpha value is -2.83. The lowest BCUT2D eigenvalue weighted by Gasteiger charge is -2.36. The predicted molar refractivity (Wildman–Crippen MR) is 144 cm³/mol. The summed E-state index contributed by atoms with van der Waals surface area (Å²) in [5.41, 5.74) is 6.17. The Morgan fingerprint density at radius 2 is 1.72 bits per heavy atom. The maximum atomic E-state index is 14.0. The third kappa shape index (κ3) is 4.53. The number of hydrogen-bond acceptors (Lipinski definition) is 3. The zero-order chi connectivity index (χ0) is 24.6. The van der Waals surface area contributed by atoms with Crippen molar-refractivity contribution in [3.05, 3.63) is 105 Å². The number of fused-ring (bicyclic) bond motifs is 3. The molecule has 3 aromatic carbocycles. The second kappa shape index (κ2) is 9.91. The van der Waals surface area contributed by atoms with Crippen LogP contribution >= 0.6 is 23.2 Å². The van der Waals surface area contributed by atoms with Crippen molar-refractivity contribution in [1.29, 1.82) is 0 Å². The second-order valence-electron chi connectivity index (χ2n) is 9.50. The van der Waals surface area contributed by atoms with Gasteiger partial charge in [0.05, 0.1) is 19.3 Å². The van der Waals surface area contributed by atoms with Crippen LogP contribution in [0, 0.1) is 0 Å². The zero-order valence-corrected chi connectivity index (χ0v) is 21.4. The van der Waals surface area contributed by atoms with Crippen LogP contribution < -0.4 is 0 Å². The van der Waals surface area contributed by atoms with Crippen LogP contribution in [-0.4, -0.2) is 53.5 Å². The second-order valence-corrected chi connectivity index (χ2v) is 10.4. The molecule has 1 aromatic heterocycles. The van der Waals surface area contributed by atoms with Crippen LogP contribution in [0.2, 0.25) is 10.0 Å². The first kappa shape index (κ1) is 23.6. The highest BCUT2D eigenvalue weighted by Gasteiger charge is 2.35. The molecule has 0 spiro atoms. The predicted octanol–water partition coefficient (Wildman–Crippen LogP) is 6.09. The number of rotatable bonds is 4. The molecule has 3 heterocycles. The van der Waals surface area contributed by atoms with Crippen LogP contribution in [0.1, 0.15) is 38.8 Å². The Balaban J connectivity index is 1.37. The highest BCUT2D eigenvalue weighted by molar-refractivity contribution is 6.31. The van der Waals surface area contributed by atoms with Crippen LogP contribution in [0.3, 0.4) is 0 Å². The summed E-state index contributed by atoms with van der Waals surface area (Å²) in [5, 5.41) is 2.51. The van der Waals surface area contributed by atoms with E-state index in [4.69, 9.17) is 27.9 Å². The Labute approximate surface area is 220 Å². The Bertz CT molecular complexity index is 1410. The fraction of sp³-hybridized carbons (Fsp3) is 0.276. The number of morpholine rings is 1. The number of aromatic nitrogens is 1. The maximum absolute atomic E-state index is 14.0. The first-order valence-corrected chi connectivity index (χ1v) is 13.1. The average Bonchev–Trinajstić information content (AvgIpc) is 3.27. The fourth-order valence-corrected chi connectivity index (χ4v) is 5.76.